The second kappa shape index (κ2) is 5.20. The average molecular weight is 213 g/mol. The van der Waals surface area contributed by atoms with E-state index in [2.05, 4.69) is 24.1 Å². The Hall–Kier alpha value is -0.760. The van der Waals surface area contributed by atoms with Gasteiger partial charge in [-0.2, -0.15) is 0 Å². The van der Waals surface area contributed by atoms with Gasteiger partial charge in [-0.25, -0.2) is 4.98 Å². The van der Waals surface area contributed by atoms with E-state index in [-0.39, 0.29) is 5.41 Å². The zero-order valence-electron chi connectivity index (χ0n) is 8.76. The van der Waals surface area contributed by atoms with Gasteiger partial charge in [0.05, 0.1) is 0 Å². The van der Waals surface area contributed by atoms with Gasteiger partial charge in [0, 0.05) is 18.6 Å². The highest BCUT2D eigenvalue weighted by atomic mass is 35.5. The van der Waals surface area contributed by atoms with Crippen molar-refractivity contribution in [3.05, 3.63) is 24.4 Å². The molecule has 0 bridgehead atoms. The predicted molar refractivity (Wildman–Crippen MR) is 61.8 cm³/mol. The molecule has 78 valence electrons. The van der Waals surface area contributed by atoms with Crippen LogP contribution in [0.25, 0.3) is 0 Å². The predicted octanol–water partition coefficient (Wildman–Crippen LogP) is 3.15. The summed E-state index contributed by atoms with van der Waals surface area (Å²) < 4.78 is 0. The lowest BCUT2D eigenvalue weighted by Crippen LogP contribution is -2.23. The molecule has 0 aliphatic carbocycles. The Morgan fingerprint density at radius 1 is 1.43 bits per heavy atom. The third-order valence-electron chi connectivity index (χ3n) is 2.18. The molecule has 0 unspecified atom stereocenters. The third kappa shape index (κ3) is 3.97. The van der Waals surface area contributed by atoms with E-state index in [1.807, 2.05) is 18.2 Å². The van der Waals surface area contributed by atoms with Gasteiger partial charge in [0.25, 0.3) is 0 Å². The van der Waals surface area contributed by atoms with E-state index in [1.54, 1.807) is 6.20 Å². The van der Waals surface area contributed by atoms with Crippen molar-refractivity contribution in [3.63, 3.8) is 0 Å². The van der Waals surface area contributed by atoms with Gasteiger partial charge >= 0.3 is 0 Å². The Kier molecular flexibility index (Phi) is 4.21. The monoisotopic (exact) mass is 212 g/mol. The van der Waals surface area contributed by atoms with Crippen LogP contribution in [0.15, 0.2) is 24.4 Å². The maximum Gasteiger partial charge on any atom is 0.125 e. The Labute approximate surface area is 90.7 Å². The fourth-order valence-electron chi connectivity index (χ4n) is 1.14. The third-order valence-corrected chi connectivity index (χ3v) is 2.37. The van der Waals surface area contributed by atoms with E-state index in [0.29, 0.717) is 5.88 Å². The number of anilines is 1. The number of halogens is 1. The summed E-state index contributed by atoms with van der Waals surface area (Å²) >= 11 is 5.72. The molecule has 1 aromatic rings. The molecule has 0 saturated carbocycles. The highest BCUT2D eigenvalue weighted by molar-refractivity contribution is 6.17. The number of nitrogens with zero attached hydrogens (tertiary/aromatic N) is 1. The van der Waals surface area contributed by atoms with Crippen LogP contribution in [0.5, 0.6) is 0 Å². The minimum Gasteiger partial charge on any atom is -0.370 e. The summed E-state index contributed by atoms with van der Waals surface area (Å²) in [5.74, 6) is 1.63. The van der Waals surface area contributed by atoms with Crippen molar-refractivity contribution >= 4 is 17.4 Å². The zero-order valence-corrected chi connectivity index (χ0v) is 9.51. The quantitative estimate of drug-likeness (QED) is 0.759. The molecule has 1 heterocycles. The van der Waals surface area contributed by atoms with Crippen molar-refractivity contribution in [2.75, 3.05) is 17.7 Å². The second-order valence-electron chi connectivity index (χ2n) is 4.17. The summed E-state index contributed by atoms with van der Waals surface area (Å²) in [7, 11) is 0. The molecular weight excluding hydrogens is 196 g/mol. The lowest BCUT2D eigenvalue weighted by Gasteiger charge is -2.23. The molecule has 0 amide bonds. The van der Waals surface area contributed by atoms with Gasteiger partial charge in [0.15, 0.2) is 0 Å². The van der Waals surface area contributed by atoms with Gasteiger partial charge < -0.3 is 5.32 Å². The van der Waals surface area contributed by atoms with Crippen LogP contribution in [0.1, 0.15) is 20.3 Å². The molecule has 0 aliphatic heterocycles. The number of pyridine rings is 1. The molecule has 2 nitrogen and oxygen atoms in total. The van der Waals surface area contributed by atoms with Crippen molar-refractivity contribution in [1.29, 1.82) is 0 Å². The maximum atomic E-state index is 5.72. The molecule has 0 fully saturated rings. The number of hydrogen-bond acceptors (Lipinski definition) is 2. The Morgan fingerprint density at radius 3 is 2.79 bits per heavy atom. The molecule has 0 aliphatic rings. The van der Waals surface area contributed by atoms with Gasteiger partial charge in [-0.15, -0.1) is 11.6 Å². The summed E-state index contributed by atoms with van der Waals surface area (Å²) in [5, 5.41) is 3.30. The fraction of sp³-hybridized carbons (Fsp3) is 0.545. The summed E-state index contributed by atoms with van der Waals surface area (Å²) in [4.78, 5) is 4.20. The van der Waals surface area contributed by atoms with Crippen molar-refractivity contribution in [1.82, 2.24) is 4.98 Å². The molecule has 0 saturated heterocycles. The molecule has 1 aromatic heterocycles. The number of nitrogens with one attached hydrogen (secondary N) is 1. The van der Waals surface area contributed by atoms with Gasteiger partial charge in [-0.05, 0) is 24.0 Å². The first-order valence-electron chi connectivity index (χ1n) is 4.85. The van der Waals surface area contributed by atoms with Gasteiger partial charge in [-0.1, -0.05) is 19.9 Å². The number of rotatable bonds is 5. The first-order valence-corrected chi connectivity index (χ1v) is 5.38. The van der Waals surface area contributed by atoms with Crippen molar-refractivity contribution < 1.29 is 0 Å². The summed E-state index contributed by atoms with van der Waals surface area (Å²) in [6.07, 6.45) is 2.80. The Morgan fingerprint density at radius 2 is 2.21 bits per heavy atom. The molecule has 14 heavy (non-hydrogen) atoms. The molecule has 0 atom stereocenters. The fourth-order valence-corrected chi connectivity index (χ4v) is 1.65. The highest BCUT2D eigenvalue weighted by Crippen LogP contribution is 2.21. The molecule has 0 aromatic carbocycles. The van der Waals surface area contributed by atoms with Crippen LogP contribution >= 0.6 is 11.6 Å². The highest BCUT2D eigenvalue weighted by Gasteiger charge is 2.16. The number of alkyl halides is 1. The van der Waals surface area contributed by atoms with Crippen LogP contribution in [0.4, 0.5) is 5.82 Å². The van der Waals surface area contributed by atoms with E-state index in [0.717, 1.165) is 18.8 Å². The minimum atomic E-state index is 0.221. The molecule has 1 rings (SSSR count). The second-order valence-corrected chi connectivity index (χ2v) is 4.55. The lowest BCUT2D eigenvalue weighted by molar-refractivity contribution is 0.379. The van der Waals surface area contributed by atoms with Crippen molar-refractivity contribution in [2.45, 2.75) is 20.3 Å². The molecular formula is C11H17ClN2. The summed E-state index contributed by atoms with van der Waals surface area (Å²) in [5.41, 5.74) is 0.221. The maximum absolute atomic E-state index is 5.72. The smallest absolute Gasteiger partial charge is 0.125 e. The van der Waals surface area contributed by atoms with E-state index in [9.17, 15) is 0 Å². The van der Waals surface area contributed by atoms with Gasteiger partial charge in [0.2, 0.25) is 0 Å². The summed E-state index contributed by atoms with van der Waals surface area (Å²) in [6.45, 7) is 5.30. The van der Waals surface area contributed by atoms with Gasteiger partial charge in [-0.3, -0.25) is 0 Å². The number of hydrogen-bond donors (Lipinski definition) is 1. The van der Waals surface area contributed by atoms with Crippen LogP contribution in [0.2, 0.25) is 0 Å². The SMILES string of the molecule is CC(C)(CCCl)CNc1ccccn1. The van der Waals surface area contributed by atoms with E-state index < -0.39 is 0 Å². The Balaban J connectivity index is 2.40. The molecule has 1 N–H and O–H groups in total. The van der Waals surface area contributed by atoms with Crippen molar-refractivity contribution in [2.24, 2.45) is 5.41 Å². The van der Waals surface area contributed by atoms with E-state index in [1.165, 1.54) is 0 Å². The van der Waals surface area contributed by atoms with Crippen LogP contribution in [0.3, 0.4) is 0 Å². The van der Waals surface area contributed by atoms with Gasteiger partial charge in [0.1, 0.15) is 5.82 Å². The standard InChI is InChI=1S/C11H17ClN2/c1-11(2,6-7-12)9-14-10-5-3-4-8-13-10/h3-5,8H,6-7,9H2,1-2H3,(H,13,14). The normalized spacial score (nSPS) is 11.4. The van der Waals surface area contributed by atoms with Crippen LogP contribution < -0.4 is 5.32 Å². The molecule has 0 radical (unpaired) electrons. The van der Waals surface area contributed by atoms with Crippen LogP contribution in [0, 0.1) is 5.41 Å². The summed E-state index contributed by atoms with van der Waals surface area (Å²) in [6, 6.07) is 5.86. The van der Waals surface area contributed by atoms with E-state index >= 15 is 0 Å². The molecule has 0 spiro atoms. The van der Waals surface area contributed by atoms with E-state index in [4.69, 9.17) is 11.6 Å². The lowest BCUT2D eigenvalue weighted by atomic mass is 9.90. The topological polar surface area (TPSA) is 24.9 Å². The first kappa shape index (κ1) is 11.3. The largest absolute Gasteiger partial charge is 0.370 e. The van der Waals surface area contributed by atoms with Crippen LogP contribution in [-0.2, 0) is 0 Å². The minimum absolute atomic E-state index is 0.221. The first-order chi connectivity index (χ1) is 6.64. The average Bonchev–Trinajstić information content (AvgIpc) is 2.17. The number of aromatic nitrogens is 1. The van der Waals surface area contributed by atoms with Crippen molar-refractivity contribution in [3.8, 4) is 0 Å². The zero-order chi connectivity index (χ0) is 10.4. The van der Waals surface area contributed by atoms with Crippen LogP contribution in [-0.4, -0.2) is 17.4 Å². The Bertz CT molecular complexity index is 259. The molecule has 3 heteroatoms.